The molecule has 1 heterocycles. The lowest BCUT2D eigenvalue weighted by Crippen LogP contribution is -2.27. The van der Waals surface area contributed by atoms with E-state index in [2.05, 4.69) is 30.8 Å². The van der Waals surface area contributed by atoms with E-state index in [1.807, 2.05) is 24.3 Å². The molecular weight excluding hydrogens is 320 g/mol. The highest BCUT2D eigenvalue weighted by Gasteiger charge is 2.14. The largest absolute Gasteiger partial charge is 0.465 e. The highest BCUT2D eigenvalue weighted by molar-refractivity contribution is 5.91. The number of aromatic nitrogens is 1. The van der Waals surface area contributed by atoms with E-state index in [1.165, 1.54) is 30.0 Å². The first-order chi connectivity index (χ1) is 11.7. The summed E-state index contributed by atoms with van der Waals surface area (Å²) in [7, 11) is 1.26. The third-order valence-corrected chi connectivity index (χ3v) is 3.75. The fraction of sp³-hybridized carbons (Fsp3) is 0.316. The van der Waals surface area contributed by atoms with Gasteiger partial charge < -0.3 is 14.6 Å². The minimum Gasteiger partial charge on any atom is -0.465 e. The van der Waals surface area contributed by atoms with Gasteiger partial charge in [-0.1, -0.05) is 32.9 Å². The Kier molecular flexibility index (Phi) is 5.41. The molecule has 0 aliphatic heterocycles. The summed E-state index contributed by atoms with van der Waals surface area (Å²) >= 11 is 0. The van der Waals surface area contributed by atoms with Crippen LogP contribution in [0.5, 0.6) is 0 Å². The average Bonchev–Trinajstić information content (AvgIpc) is 2.55. The number of esters is 1. The van der Waals surface area contributed by atoms with Crippen molar-refractivity contribution in [2.75, 3.05) is 12.4 Å². The number of pyridine rings is 1. The van der Waals surface area contributed by atoms with Crippen molar-refractivity contribution in [1.82, 2.24) is 4.57 Å². The summed E-state index contributed by atoms with van der Waals surface area (Å²) < 4.78 is 5.79. The number of benzene rings is 1. The summed E-state index contributed by atoms with van der Waals surface area (Å²) in [6, 6.07) is 10.2. The van der Waals surface area contributed by atoms with Crippen molar-refractivity contribution in [1.29, 1.82) is 0 Å². The van der Waals surface area contributed by atoms with E-state index in [-0.39, 0.29) is 29.0 Å². The first kappa shape index (κ1) is 18.4. The van der Waals surface area contributed by atoms with E-state index in [9.17, 15) is 14.4 Å². The third-order valence-electron chi connectivity index (χ3n) is 3.75. The normalized spacial score (nSPS) is 11.0. The number of ether oxygens (including phenoxy) is 1. The van der Waals surface area contributed by atoms with Crippen molar-refractivity contribution in [3.63, 3.8) is 0 Å². The first-order valence-corrected chi connectivity index (χ1v) is 7.90. The average molecular weight is 342 g/mol. The van der Waals surface area contributed by atoms with Gasteiger partial charge in [-0.3, -0.25) is 9.59 Å². The molecule has 2 aromatic rings. The minimum atomic E-state index is -0.563. The number of methoxy groups -OCH3 is 1. The zero-order valence-corrected chi connectivity index (χ0v) is 14.8. The van der Waals surface area contributed by atoms with Crippen molar-refractivity contribution in [2.45, 2.75) is 32.7 Å². The molecular formula is C19H22N2O4. The molecule has 0 saturated carbocycles. The van der Waals surface area contributed by atoms with Crippen LogP contribution in [-0.2, 0) is 21.5 Å². The molecule has 0 aliphatic rings. The molecule has 0 bridgehead atoms. The summed E-state index contributed by atoms with van der Waals surface area (Å²) in [4.78, 5) is 35.6. The number of amides is 1. The highest BCUT2D eigenvalue weighted by atomic mass is 16.5. The fourth-order valence-electron chi connectivity index (χ4n) is 2.30. The van der Waals surface area contributed by atoms with Crippen LogP contribution < -0.4 is 10.9 Å². The molecule has 6 nitrogen and oxygen atoms in total. The maximum atomic E-state index is 12.2. The zero-order chi connectivity index (χ0) is 18.6. The van der Waals surface area contributed by atoms with Gasteiger partial charge in [0.1, 0.15) is 6.54 Å². The number of nitrogens with zero attached hydrogens (tertiary/aromatic N) is 1. The number of hydrogen-bond acceptors (Lipinski definition) is 4. The molecule has 0 unspecified atom stereocenters. The van der Waals surface area contributed by atoms with Crippen LogP contribution in [0.1, 0.15) is 36.7 Å². The van der Waals surface area contributed by atoms with Crippen LogP contribution in [0.15, 0.2) is 47.4 Å². The Hall–Kier alpha value is -2.89. The molecule has 25 heavy (non-hydrogen) atoms. The van der Waals surface area contributed by atoms with Crippen LogP contribution >= 0.6 is 0 Å². The molecule has 132 valence electrons. The molecule has 2 rings (SSSR count). The Morgan fingerprint density at radius 1 is 1.08 bits per heavy atom. The topological polar surface area (TPSA) is 77.4 Å². The van der Waals surface area contributed by atoms with Gasteiger partial charge in [-0.05, 0) is 29.2 Å². The fourth-order valence-corrected chi connectivity index (χ4v) is 2.30. The highest BCUT2D eigenvalue weighted by Crippen LogP contribution is 2.23. The minimum absolute atomic E-state index is 0.0319. The van der Waals surface area contributed by atoms with E-state index in [0.717, 1.165) is 5.56 Å². The molecule has 1 aromatic heterocycles. The molecule has 0 aliphatic carbocycles. The summed E-state index contributed by atoms with van der Waals surface area (Å²) in [5.74, 6) is -0.917. The van der Waals surface area contributed by atoms with E-state index in [1.54, 1.807) is 0 Å². The second-order valence-corrected chi connectivity index (χ2v) is 6.75. The summed E-state index contributed by atoms with van der Waals surface area (Å²) in [5, 5.41) is 2.74. The van der Waals surface area contributed by atoms with Gasteiger partial charge in [-0.2, -0.15) is 0 Å². The monoisotopic (exact) mass is 342 g/mol. The molecule has 0 radical (unpaired) electrons. The first-order valence-electron chi connectivity index (χ1n) is 7.90. The van der Waals surface area contributed by atoms with Gasteiger partial charge in [-0.15, -0.1) is 0 Å². The lowest BCUT2D eigenvalue weighted by atomic mass is 9.87. The second kappa shape index (κ2) is 7.34. The molecule has 1 N–H and O–H groups in total. The Bertz CT molecular complexity index is 830. The summed E-state index contributed by atoms with van der Waals surface area (Å²) in [6.07, 6.45) is 1.32. The second-order valence-electron chi connectivity index (χ2n) is 6.75. The van der Waals surface area contributed by atoms with Crippen LogP contribution in [0, 0.1) is 0 Å². The van der Waals surface area contributed by atoms with Crippen molar-refractivity contribution >= 4 is 17.6 Å². The molecule has 6 heteroatoms. The lowest BCUT2D eigenvalue weighted by Gasteiger charge is -2.19. The van der Waals surface area contributed by atoms with Crippen molar-refractivity contribution < 1.29 is 14.3 Å². The van der Waals surface area contributed by atoms with Gasteiger partial charge in [0.2, 0.25) is 5.91 Å². The predicted octanol–water partition coefficient (Wildman–Crippen LogP) is 2.57. The van der Waals surface area contributed by atoms with Gasteiger partial charge in [0.15, 0.2) is 0 Å². The maximum Gasteiger partial charge on any atom is 0.339 e. The van der Waals surface area contributed by atoms with E-state index >= 15 is 0 Å². The Balaban J connectivity index is 2.10. The number of anilines is 1. The smallest absolute Gasteiger partial charge is 0.339 e. The number of carbonyl (C=O) groups is 2. The number of carbonyl (C=O) groups excluding carboxylic acids is 2. The Morgan fingerprint density at radius 3 is 2.28 bits per heavy atom. The van der Waals surface area contributed by atoms with Gasteiger partial charge in [0.25, 0.3) is 5.56 Å². The Labute approximate surface area is 146 Å². The lowest BCUT2D eigenvalue weighted by molar-refractivity contribution is -0.116. The summed E-state index contributed by atoms with van der Waals surface area (Å²) in [5.41, 5.74) is 1.68. The van der Waals surface area contributed by atoms with Crippen LogP contribution in [-0.4, -0.2) is 23.6 Å². The van der Waals surface area contributed by atoms with Crippen LogP contribution in [0.25, 0.3) is 0 Å². The number of rotatable bonds is 4. The molecule has 1 aromatic carbocycles. The van der Waals surface area contributed by atoms with E-state index in [0.29, 0.717) is 5.69 Å². The molecule has 1 amide bonds. The SMILES string of the molecule is COC(=O)c1ccc(=O)n(CC(=O)Nc2ccc(C(C)(C)C)cc2)c1. The van der Waals surface area contributed by atoms with Crippen LogP contribution in [0.3, 0.4) is 0 Å². The molecule has 0 fully saturated rings. The maximum absolute atomic E-state index is 12.2. The van der Waals surface area contributed by atoms with Crippen molar-refractivity contribution in [3.8, 4) is 0 Å². The van der Waals surface area contributed by atoms with Gasteiger partial charge in [0, 0.05) is 18.0 Å². The third kappa shape index (κ3) is 4.79. The van der Waals surface area contributed by atoms with Crippen molar-refractivity contribution in [2.24, 2.45) is 0 Å². The van der Waals surface area contributed by atoms with E-state index < -0.39 is 5.97 Å². The number of nitrogens with one attached hydrogen (secondary N) is 1. The Morgan fingerprint density at radius 2 is 1.72 bits per heavy atom. The van der Waals surface area contributed by atoms with Crippen LogP contribution in [0.4, 0.5) is 5.69 Å². The van der Waals surface area contributed by atoms with Crippen molar-refractivity contribution in [3.05, 3.63) is 64.1 Å². The standard InChI is InChI=1S/C19H22N2O4/c1-19(2,3)14-6-8-15(9-7-14)20-16(22)12-21-11-13(18(24)25-4)5-10-17(21)23/h5-11H,12H2,1-4H3,(H,20,22). The molecule has 0 spiro atoms. The number of hydrogen-bond donors (Lipinski definition) is 1. The van der Waals surface area contributed by atoms with Gasteiger partial charge in [-0.25, -0.2) is 4.79 Å². The quantitative estimate of drug-likeness (QED) is 0.866. The summed E-state index contributed by atoms with van der Waals surface area (Å²) in [6.45, 7) is 6.15. The van der Waals surface area contributed by atoms with Crippen LogP contribution in [0.2, 0.25) is 0 Å². The molecule has 0 saturated heterocycles. The predicted molar refractivity (Wildman–Crippen MR) is 95.8 cm³/mol. The van der Waals surface area contributed by atoms with E-state index in [4.69, 9.17) is 0 Å². The molecule has 0 atom stereocenters. The zero-order valence-electron chi connectivity index (χ0n) is 14.8. The van der Waals surface area contributed by atoms with Gasteiger partial charge >= 0.3 is 5.97 Å². The van der Waals surface area contributed by atoms with Gasteiger partial charge in [0.05, 0.1) is 12.7 Å².